The van der Waals surface area contributed by atoms with E-state index in [0.29, 0.717) is 29.4 Å². The van der Waals surface area contributed by atoms with Crippen LogP contribution in [0.5, 0.6) is 0 Å². The molecule has 2 fully saturated rings. The van der Waals surface area contributed by atoms with Gasteiger partial charge in [0.1, 0.15) is 0 Å². The quantitative estimate of drug-likeness (QED) is 0.773. The number of rotatable bonds is 5. The predicted octanol–water partition coefficient (Wildman–Crippen LogP) is 3.18. The molecule has 3 rings (SSSR count). The number of amides is 3. The number of hydrogen-bond acceptors (Lipinski definition) is 4. The fourth-order valence-corrected chi connectivity index (χ4v) is 4.46. The Bertz CT molecular complexity index is 721. The Morgan fingerprint density at radius 3 is 2.43 bits per heavy atom. The van der Waals surface area contributed by atoms with Crippen LogP contribution in [0.15, 0.2) is 24.3 Å². The molecular weight excluding hydrogens is 380 g/mol. The molecule has 3 amide bonds. The molecule has 7 heteroatoms. The van der Waals surface area contributed by atoms with Gasteiger partial charge in [0.05, 0.1) is 12.2 Å². The number of urea groups is 1. The summed E-state index contributed by atoms with van der Waals surface area (Å²) in [5.41, 5.74) is 1.25. The van der Waals surface area contributed by atoms with Crippen molar-refractivity contribution >= 4 is 17.6 Å². The molecule has 2 atom stereocenters. The molecule has 0 radical (unpaired) electrons. The van der Waals surface area contributed by atoms with Gasteiger partial charge in [-0.3, -0.25) is 9.69 Å². The minimum atomic E-state index is -0.262. The van der Waals surface area contributed by atoms with Crippen LogP contribution < -0.4 is 10.6 Å². The summed E-state index contributed by atoms with van der Waals surface area (Å²) in [5.74, 6) is 0.661. The zero-order chi connectivity index (χ0) is 21.7. The number of nitrogens with zero attached hydrogens (tertiary/aromatic N) is 2. The summed E-state index contributed by atoms with van der Waals surface area (Å²) >= 11 is 0. The van der Waals surface area contributed by atoms with Gasteiger partial charge in [0.2, 0.25) is 0 Å². The third kappa shape index (κ3) is 6.44. The van der Waals surface area contributed by atoms with Crippen molar-refractivity contribution in [2.24, 2.45) is 5.92 Å². The van der Waals surface area contributed by atoms with Crippen LogP contribution in [0.4, 0.5) is 10.5 Å². The number of carbonyl (C=O) groups excluding carboxylic acids is 2. The van der Waals surface area contributed by atoms with Gasteiger partial charge >= 0.3 is 6.03 Å². The standard InChI is InChI=1S/C23H36N4O3/c1-16(2)24-23(29)25-21-7-5-6-20(12-21)22(28)27-10-8-19(9-11-27)15-26-13-17(3)30-18(4)14-26/h5-7,12,16-19H,8-11,13-15H2,1-4H3,(H2,24,25,29). The van der Waals surface area contributed by atoms with Crippen molar-refractivity contribution in [3.63, 3.8) is 0 Å². The van der Waals surface area contributed by atoms with Gasteiger partial charge in [0.15, 0.2) is 0 Å². The summed E-state index contributed by atoms with van der Waals surface area (Å²) in [6.07, 6.45) is 2.64. The third-order valence-corrected chi connectivity index (χ3v) is 5.70. The predicted molar refractivity (Wildman–Crippen MR) is 119 cm³/mol. The molecule has 166 valence electrons. The molecule has 2 heterocycles. The second kappa shape index (κ2) is 10.3. The van der Waals surface area contributed by atoms with E-state index in [4.69, 9.17) is 4.74 Å². The topological polar surface area (TPSA) is 73.9 Å². The van der Waals surface area contributed by atoms with E-state index in [1.54, 1.807) is 12.1 Å². The average molecular weight is 417 g/mol. The fourth-order valence-electron chi connectivity index (χ4n) is 4.46. The Morgan fingerprint density at radius 2 is 1.80 bits per heavy atom. The maximum Gasteiger partial charge on any atom is 0.319 e. The van der Waals surface area contributed by atoms with Gasteiger partial charge in [0.25, 0.3) is 5.91 Å². The summed E-state index contributed by atoms with van der Waals surface area (Å²) < 4.78 is 5.83. The van der Waals surface area contributed by atoms with Crippen LogP contribution in [-0.2, 0) is 4.74 Å². The van der Waals surface area contributed by atoms with Crippen molar-refractivity contribution in [2.75, 3.05) is 38.0 Å². The molecule has 7 nitrogen and oxygen atoms in total. The van der Waals surface area contributed by atoms with E-state index >= 15 is 0 Å². The summed E-state index contributed by atoms with van der Waals surface area (Å²) in [5, 5.41) is 5.58. The number of anilines is 1. The Balaban J connectivity index is 1.50. The normalized spacial score (nSPS) is 23.4. The van der Waals surface area contributed by atoms with E-state index in [1.165, 1.54) is 0 Å². The zero-order valence-electron chi connectivity index (χ0n) is 18.7. The van der Waals surface area contributed by atoms with Crippen LogP contribution in [0.3, 0.4) is 0 Å². The number of morpholine rings is 1. The fraction of sp³-hybridized carbons (Fsp3) is 0.652. The number of benzene rings is 1. The molecule has 2 aliphatic heterocycles. The van der Waals surface area contributed by atoms with Crippen LogP contribution in [0, 0.1) is 5.92 Å². The van der Waals surface area contributed by atoms with Gasteiger partial charge in [-0.2, -0.15) is 0 Å². The van der Waals surface area contributed by atoms with Gasteiger partial charge < -0.3 is 20.3 Å². The molecular formula is C23H36N4O3. The highest BCUT2D eigenvalue weighted by molar-refractivity contribution is 5.97. The van der Waals surface area contributed by atoms with Crippen LogP contribution in [0.1, 0.15) is 50.9 Å². The summed E-state index contributed by atoms with van der Waals surface area (Å²) in [4.78, 5) is 29.3. The van der Waals surface area contributed by atoms with Crippen LogP contribution >= 0.6 is 0 Å². The van der Waals surface area contributed by atoms with Crippen LogP contribution in [-0.4, -0.2) is 72.7 Å². The van der Waals surface area contributed by atoms with E-state index in [0.717, 1.165) is 45.6 Å². The van der Waals surface area contributed by atoms with Crippen molar-refractivity contribution in [2.45, 2.75) is 58.8 Å². The molecule has 30 heavy (non-hydrogen) atoms. The number of carbonyl (C=O) groups is 2. The van der Waals surface area contributed by atoms with E-state index in [-0.39, 0.29) is 18.0 Å². The van der Waals surface area contributed by atoms with Crippen molar-refractivity contribution in [1.29, 1.82) is 0 Å². The minimum absolute atomic E-state index is 0.0370. The number of hydrogen-bond donors (Lipinski definition) is 2. The average Bonchev–Trinajstić information content (AvgIpc) is 2.67. The first kappa shape index (κ1) is 22.6. The van der Waals surface area contributed by atoms with Crippen LogP contribution in [0.2, 0.25) is 0 Å². The van der Waals surface area contributed by atoms with E-state index in [9.17, 15) is 9.59 Å². The third-order valence-electron chi connectivity index (χ3n) is 5.70. The Kier molecular flexibility index (Phi) is 7.72. The van der Waals surface area contributed by atoms with Crippen LogP contribution in [0.25, 0.3) is 0 Å². The van der Waals surface area contributed by atoms with Gasteiger partial charge in [-0.1, -0.05) is 6.07 Å². The van der Waals surface area contributed by atoms with Crippen molar-refractivity contribution in [3.8, 4) is 0 Å². The highest BCUT2D eigenvalue weighted by atomic mass is 16.5. The molecule has 1 aromatic carbocycles. The Hall–Kier alpha value is -2.12. The van der Waals surface area contributed by atoms with Gasteiger partial charge in [-0.05, 0) is 64.7 Å². The number of likely N-dealkylation sites (tertiary alicyclic amines) is 1. The van der Waals surface area contributed by atoms with E-state index < -0.39 is 0 Å². The molecule has 0 spiro atoms. The maximum absolute atomic E-state index is 13.0. The molecule has 0 bridgehead atoms. The number of nitrogens with one attached hydrogen (secondary N) is 2. The smallest absolute Gasteiger partial charge is 0.319 e. The molecule has 0 saturated carbocycles. The van der Waals surface area contributed by atoms with Crippen molar-refractivity contribution in [3.05, 3.63) is 29.8 Å². The highest BCUT2D eigenvalue weighted by Gasteiger charge is 2.28. The van der Waals surface area contributed by atoms with Crippen molar-refractivity contribution < 1.29 is 14.3 Å². The number of piperidine rings is 1. The first-order valence-electron chi connectivity index (χ1n) is 11.1. The molecule has 2 aliphatic rings. The lowest BCUT2D eigenvalue weighted by Gasteiger charge is -2.39. The maximum atomic E-state index is 13.0. The lowest BCUT2D eigenvalue weighted by molar-refractivity contribution is -0.0728. The zero-order valence-corrected chi connectivity index (χ0v) is 18.7. The summed E-state index contributed by atoms with van der Waals surface area (Å²) in [7, 11) is 0. The Morgan fingerprint density at radius 1 is 1.13 bits per heavy atom. The largest absolute Gasteiger partial charge is 0.373 e. The van der Waals surface area contributed by atoms with Gasteiger partial charge in [-0.25, -0.2) is 4.79 Å². The molecule has 0 aliphatic carbocycles. The number of ether oxygens (including phenoxy) is 1. The molecule has 1 aromatic rings. The lowest BCUT2D eigenvalue weighted by Crippen LogP contribution is -2.48. The lowest BCUT2D eigenvalue weighted by atomic mass is 9.95. The highest BCUT2D eigenvalue weighted by Crippen LogP contribution is 2.23. The molecule has 0 aromatic heterocycles. The molecule has 2 unspecified atom stereocenters. The summed E-state index contributed by atoms with van der Waals surface area (Å²) in [6.45, 7) is 12.7. The van der Waals surface area contributed by atoms with E-state index in [1.807, 2.05) is 30.9 Å². The van der Waals surface area contributed by atoms with Crippen molar-refractivity contribution in [1.82, 2.24) is 15.1 Å². The Labute approximate surface area is 180 Å². The molecule has 2 N–H and O–H groups in total. The SMILES string of the molecule is CC(C)NC(=O)Nc1cccc(C(=O)N2CCC(CN3CC(C)OC(C)C3)CC2)c1. The first-order chi connectivity index (χ1) is 14.3. The van der Waals surface area contributed by atoms with Gasteiger partial charge in [-0.15, -0.1) is 0 Å². The minimum Gasteiger partial charge on any atom is -0.373 e. The summed E-state index contributed by atoms with van der Waals surface area (Å²) in [6, 6.07) is 6.97. The second-order valence-corrected chi connectivity index (χ2v) is 9.05. The monoisotopic (exact) mass is 416 g/mol. The first-order valence-corrected chi connectivity index (χ1v) is 11.1. The second-order valence-electron chi connectivity index (χ2n) is 9.05. The van der Waals surface area contributed by atoms with Gasteiger partial charge in [0, 0.05) is 50.0 Å². The molecule has 2 saturated heterocycles. The van der Waals surface area contributed by atoms with E-state index in [2.05, 4.69) is 29.4 Å².